The van der Waals surface area contributed by atoms with E-state index >= 15 is 0 Å². The Morgan fingerprint density at radius 2 is 1.96 bits per heavy atom. The maximum Gasteiger partial charge on any atom is 0.231 e. The summed E-state index contributed by atoms with van der Waals surface area (Å²) in [7, 11) is 0. The molecule has 2 aromatic carbocycles. The summed E-state index contributed by atoms with van der Waals surface area (Å²) >= 11 is 0. The molecule has 120 valence electrons. The molecule has 0 saturated heterocycles. The Morgan fingerprint density at radius 1 is 1.12 bits per heavy atom. The summed E-state index contributed by atoms with van der Waals surface area (Å²) in [5.41, 5.74) is 2.48. The van der Waals surface area contributed by atoms with Gasteiger partial charge in [-0.2, -0.15) is 5.10 Å². The van der Waals surface area contributed by atoms with E-state index in [0.29, 0.717) is 17.2 Å². The SMILES string of the molecule is O=C(Cc1cnn(-c2ccccc2)c1)Nc1ccc2c(c1)OCO2. The van der Waals surface area contributed by atoms with Crippen LogP contribution in [0.5, 0.6) is 11.5 Å². The lowest BCUT2D eigenvalue weighted by Gasteiger charge is -2.05. The Kier molecular flexibility index (Phi) is 3.63. The molecule has 0 bridgehead atoms. The van der Waals surface area contributed by atoms with Gasteiger partial charge in [0.15, 0.2) is 11.5 Å². The number of para-hydroxylation sites is 1. The van der Waals surface area contributed by atoms with Gasteiger partial charge in [0.05, 0.1) is 18.3 Å². The smallest absolute Gasteiger partial charge is 0.231 e. The van der Waals surface area contributed by atoms with Crippen LogP contribution >= 0.6 is 0 Å². The molecule has 0 saturated carbocycles. The van der Waals surface area contributed by atoms with Crippen LogP contribution < -0.4 is 14.8 Å². The Balaban J connectivity index is 1.42. The zero-order valence-corrected chi connectivity index (χ0v) is 12.8. The molecule has 1 aliphatic heterocycles. The molecule has 0 fully saturated rings. The summed E-state index contributed by atoms with van der Waals surface area (Å²) in [6.07, 6.45) is 3.81. The Bertz CT molecular complexity index is 874. The third kappa shape index (κ3) is 2.94. The summed E-state index contributed by atoms with van der Waals surface area (Å²) in [5, 5.41) is 7.15. The molecule has 3 aromatic rings. The Morgan fingerprint density at radius 3 is 2.83 bits per heavy atom. The van der Waals surface area contributed by atoms with Crippen molar-refractivity contribution in [2.45, 2.75) is 6.42 Å². The van der Waals surface area contributed by atoms with Gasteiger partial charge in [-0.3, -0.25) is 4.79 Å². The number of hydrogen-bond donors (Lipinski definition) is 1. The van der Waals surface area contributed by atoms with Gasteiger partial charge in [-0.1, -0.05) is 18.2 Å². The molecule has 6 heteroatoms. The highest BCUT2D eigenvalue weighted by Gasteiger charge is 2.14. The molecule has 0 radical (unpaired) electrons. The van der Waals surface area contributed by atoms with Gasteiger partial charge in [0.2, 0.25) is 12.7 Å². The van der Waals surface area contributed by atoms with Gasteiger partial charge < -0.3 is 14.8 Å². The number of hydrogen-bond acceptors (Lipinski definition) is 4. The molecule has 1 N–H and O–H groups in total. The number of anilines is 1. The highest BCUT2D eigenvalue weighted by Crippen LogP contribution is 2.34. The van der Waals surface area contributed by atoms with Crippen molar-refractivity contribution >= 4 is 11.6 Å². The molecule has 1 aliphatic rings. The lowest BCUT2D eigenvalue weighted by atomic mass is 10.2. The number of benzene rings is 2. The number of nitrogens with one attached hydrogen (secondary N) is 1. The van der Waals surface area contributed by atoms with Gasteiger partial charge in [-0.15, -0.1) is 0 Å². The fraction of sp³-hybridized carbons (Fsp3) is 0.111. The van der Waals surface area contributed by atoms with E-state index in [4.69, 9.17) is 9.47 Å². The molecule has 6 nitrogen and oxygen atoms in total. The fourth-order valence-electron chi connectivity index (χ4n) is 2.54. The maximum atomic E-state index is 12.2. The lowest BCUT2D eigenvalue weighted by molar-refractivity contribution is -0.115. The fourth-order valence-corrected chi connectivity index (χ4v) is 2.54. The van der Waals surface area contributed by atoms with Crippen LogP contribution in [0.2, 0.25) is 0 Å². The topological polar surface area (TPSA) is 65.4 Å². The van der Waals surface area contributed by atoms with E-state index < -0.39 is 0 Å². The van der Waals surface area contributed by atoms with E-state index in [1.807, 2.05) is 36.5 Å². The second-order valence-corrected chi connectivity index (χ2v) is 5.42. The minimum absolute atomic E-state index is 0.110. The van der Waals surface area contributed by atoms with Crippen LogP contribution in [0.3, 0.4) is 0 Å². The first kappa shape index (κ1) is 14.3. The van der Waals surface area contributed by atoms with Crippen LogP contribution in [0.15, 0.2) is 60.9 Å². The minimum atomic E-state index is -0.110. The molecule has 0 aliphatic carbocycles. The lowest BCUT2D eigenvalue weighted by Crippen LogP contribution is -2.14. The second-order valence-electron chi connectivity index (χ2n) is 5.42. The van der Waals surface area contributed by atoms with E-state index in [0.717, 1.165) is 11.3 Å². The molecule has 0 unspecified atom stereocenters. The number of rotatable bonds is 4. The quantitative estimate of drug-likeness (QED) is 0.802. The highest BCUT2D eigenvalue weighted by atomic mass is 16.7. The molecule has 4 rings (SSSR count). The van der Waals surface area contributed by atoms with Crippen LogP contribution in [0, 0.1) is 0 Å². The number of ether oxygens (including phenoxy) is 2. The van der Waals surface area contributed by atoms with Crippen LogP contribution in [0.4, 0.5) is 5.69 Å². The van der Waals surface area contributed by atoms with Crippen molar-refractivity contribution in [1.29, 1.82) is 0 Å². The number of aromatic nitrogens is 2. The van der Waals surface area contributed by atoms with Gasteiger partial charge in [-0.25, -0.2) is 4.68 Å². The van der Waals surface area contributed by atoms with E-state index in [2.05, 4.69) is 10.4 Å². The van der Waals surface area contributed by atoms with E-state index in [-0.39, 0.29) is 19.1 Å². The monoisotopic (exact) mass is 321 g/mol. The van der Waals surface area contributed by atoms with Crippen molar-refractivity contribution in [3.05, 3.63) is 66.5 Å². The summed E-state index contributed by atoms with van der Waals surface area (Å²) in [6, 6.07) is 15.1. The molecule has 0 spiro atoms. The first-order valence-corrected chi connectivity index (χ1v) is 7.56. The molecule has 1 aromatic heterocycles. The largest absolute Gasteiger partial charge is 0.454 e. The van der Waals surface area contributed by atoms with Crippen molar-refractivity contribution in [3.63, 3.8) is 0 Å². The molecule has 0 atom stereocenters. The first-order chi connectivity index (χ1) is 11.8. The molecule has 2 heterocycles. The molecule has 24 heavy (non-hydrogen) atoms. The normalized spacial score (nSPS) is 12.2. The summed E-state index contributed by atoms with van der Waals surface area (Å²) < 4.78 is 12.3. The average molecular weight is 321 g/mol. The molecule has 1 amide bonds. The van der Waals surface area contributed by atoms with Crippen LogP contribution in [0.25, 0.3) is 5.69 Å². The second kappa shape index (κ2) is 6.08. The van der Waals surface area contributed by atoms with E-state index in [1.165, 1.54) is 0 Å². The maximum absolute atomic E-state index is 12.2. The number of nitrogens with zero attached hydrogens (tertiary/aromatic N) is 2. The van der Waals surface area contributed by atoms with Crippen molar-refractivity contribution in [2.24, 2.45) is 0 Å². The summed E-state index contributed by atoms with van der Waals surface area (Å²) in [4.78, 5) is 12.2. The predicted molar refractivity (Wildman–Crippen MR) is 88.5 cm³/mol. The number of amides is 1. The van der Waals surface area contributed by atoms with Crippen molar-refractivity contribution < 1.29 is 14.3 Å². The van der Waals surface area contributed by atoms with Gasteiger partial charge in [-0.05, 0) is 29.8 Å². The van der Waals surface area contributed by atoms with Crippen molar-refractivity contribution in [1.82, 2.24) is 9.78 Å². The third-order valence-corrected chi connectivity index (χ3v) is 3.68. The van der Waals surface area contributed by atoms with Crippen LogP contribution in [-0.4, -0.2) is 22.5 Å². The van der Waals surface area contributed by atoms with Gasteiger partial charge in [0, 0.05) is 18.0 Å². The molecular formula is C18H15N3O3. The number of carbonyl (C=O) groups is 1. The van der Waals surface area contributed by atoms with E-state index in [9.17, 15) is 4.79 Å². The van der Waals surface area contributed by atoms with Crippen molar-refractivity contribution in [3.8, 4) is 17.2 Å². The Hall–Kier alpha value is -3.28. The van der Waals surface area contributed by atoms with Gasteiger partial charge >= 0.3 is 0 Å². The predicted octanol–water partition coefficient (Wildman–Crippen LogP) is 2.78. The van der Waals surface area contributed by atoms with Gasteiger partial charge in [0.25, 0.3) is 0 Å². The average Bonchev–Trinajstić information content (AvgIpc) is 3.24. The highest BCUT2D eigenvalue weighted by molar-refractivity contribution is 5.92. The third-order valence-electron chi connectivity index (χ3n) is 3.68. The zero-order chi connectivity index (χ0) is 16.4. The summed E-state index contributed by atoms with van der Waals surface area (Å²) in [5.74, 6) is 1.23. The van der Waals surface area contributed by atoms with E-state index in [1.54, 1.807) is 29.1 Å². The standard InChI is InChI=1S/C18H15N3O3/c22-18(20-14-6-7-16-17(9-14)24-12-23-16)8-13-10-19-21(11-13)15-4-2-1-3-5-15/h1-7,9-11H,8,12H2,(H,20,22). The van der Waals surface area contributed by atoms with Crippen LogP contribution in [0.1, 0.15) is 5.56 Å². The number of fused-ring (bicyclic) bond motifs is 1. The van der Waals surface area contributed by atoms with Crippen LogP contribution in [-0.2, 0) is 11.2 Å². The molecular weight excluding hydrogens is 306 g/mol. The minimum Gasteiger partial charge on any atom is -0.454 e. The summed E-state index contributed by atoms with van der Waals surface area (Å²) in [6.45, 7) is 0.214. The zero-order valence-electron chi connectivity index (χ0n) is 12.8. The van der Waals surface area contributed by atoms with Crippen molar-refractivity contribution in [2.75, 3.05) is 12.1 Å². The number of carbonyl (C=O) groups excluding carboxylic acids is 1. The van der Waals surface area contributed by atoms with Gasteiger partial charge in [0.1, 0.15) is 0 Å². The Labute approximate surface area is 138 Å². The first-order valence-electron chi connectivity index (χ1n) is 7.56.